The summed E-state index contributed by atoms with van der Waals surface area (Å²) in [5.74, 6) is -1.96. The lowest BCUT2D eigenvalue weighted by molar-refractivity contribution is -0.136. The molecule has 0 spiro atoms. The van der Waals surface area contributed by atoms with Crippen LogP contribution in [0.15, 0.2) is 55.1 Å². The third-order valence-electron chi connectivity index (χ3n) is 6.84. The van der Waals surface area contributed by atoms with Gasteiger partial charge >= 0.3 is 0 Å². The highest BCUT2D eigenvalue weighted by Gasteiger charge is 2.32. The van der Waals surface area contributed by atoms with E-state index in [-0.39, 0.29) is 37.8 Å². The van der Waals surface area contributed by atoms with Crippen molar-refractivity contribution in [2.24, 2.45) is 0 Å². The molecule has 4 rings (SSSR count). The number of Topliss-reactive ketones (excluding diaryl/α,β-unsaturated/α-hetero) is 2. The van der Waals surface area contributed by atoms with Crippen molar-refractivity contribution >= 4 is 45.5 Å². The van der Waals surface area contributed by atoms with Crippen molar-refractivity contribution in [1.29, 1.82) is 0 Å². The second kappa shape index (κ2) is 14.6. The van der Waals surface area contributed by atoms with Gasteiger partial charge in [0.1, 0.15) is 11.2 Å². The maximum absolute atomic E-state index is 12.9. The number of nitrogens with zero attached hydrogens (tertiary/aromatic N) is 6. The molecule has 2 atom stereocenters. The Morgan fingerprint density at radius 2 is 1.40 bits per heavy atom. The Labute approximate surface area is 274 Å². The molecule has 4 aromatic rings. The molecule has 0 amide bonds. The molecule has 0 aliphatic rings. The lowest BCUT2D eigenvalue weighted by atomic mass is 9.94. The molecule has 0 aliphatic heterocycles. The fraction of sp³-hybridized carbons (Fsp3) is 0.312. The first-order valence-corrected chi connectivity index (χ1v) is 14.5. The average molecular weight is 731 g/mol. The quantitative estimate of drug-likeness (QED) is 0.165. The molecule has 0 fully saturated rings. The highest BCUT2D eigenvalue weighted by atomic mass is 127. The molecule has 0 radical (unpaired) electrons. The zero-order valence-electron chi connectivity index (χ0n) is 26.0. The zero-order chi connectivity index (χ0) is 34.4. The first-order chi connectivity index (χ1) is 21.4. The molecule has 45 heavy (non-hydrogen) atoms. The summed E-state index contributed by atoms with van der Waals surface area (Å²) in [6.45, 7) is 20.1. The van der Waals surface area contributed by atoms with Gasteiger partial charge in [-0.3, -0.25) is 19.0 Å². The second-order valence-electron chi connectivity index (χ2n) is 10.9. The summed E-state index contributed by atoms with van der Waals surface area (Å²) in [7, 11) is 0. The molecule has 2 aromatic heterocycles. The van der Waals surface area contributed by atoms with Crippen LogP contribution >= 0.6 is 22.6 Å². The van der Waals surface area contributed by atoms with Crippen LogP contribution in [-0.2, 0) is 35.5 Å². The third kappa shape index (κ3) is 9.59. The summed E-state index contributed by atoms with van der Waals surface area (Å²) in [6.07, 6.45) is 4.13. The highest BCUT2D eigenvalue weighted by Crippen LogP contribution is 2.27. The van der Waals surface area contributed by atoms with E-state index in [4.69, 9.17) is 14.5 Å². The highest BCUT2D eigenvalue weighted by molar-refractivity contribution is 14.1. The van der Waals surface area contributed by atoms with Crippen LogP contribution in [0.4, 0.5) is 20.2 Å². The molecule has 2 N–H and O–H groups in total. The Balaban J connectivity index is 0.000000250. The van der Waals surface area contributed by atoms with Crippen LogP contribution in [0.2, 0.25) is 0 Å². The largest absolute Gasteiger partial charge is 0.380 e. The Kier molecular flexibility index (Phi) is 10.9. The van der Waals surface area contributed by atoms with Crippen molar-refractivity contribution in [1.82, 2.24) is 19.6 Å². The maximum atomic E-state index is 12.9. The SMILES string of the molecule is [3H]c1cc([N+]#[C-])c(C)cc1CC(=O)[C@@](C)(O)Cn1cc(F)cn1.[C-]#[N+]c1cc(I)c(CC(=O)[C@@](C)(O)Cn2cc(F)cn2)cc1C. The van der Waals surface area contributed by atoms with E-state index in [9.17, 15) is 28.6 Å². The molecular formula is C32H31F2IN6O4. The van der Waals surface area contributed by atoms with Crippen LogP contribution in [-0.4, -0.2) is 52.5 Å². The third-order valence-corrected chi connectivity index (χ3v) is 7.85. The summed E-state index contributed by atoms with van der Waals surface area (Å²) in [5.41, 5.74) is 0.170. The zero-order valence-corrected chi connectivity index (χ0v) is 27.1. The summed E-state index contributed by atoms with van der Waals surface area (Å²) < 4.78 is 36.9. The van der Waals surface area contributed by atoms with E-state index in [1.54, 1.807) is 25.1 Å². The van der Waals surface area contributed by atoms with E-state index >= 15 is 0 Å². The van der Waals surface area contributed by atoms with Crippen molar-refractivity contribution in [3.8, 4) is 0 Å². The van der Waals surface area contributed by atoms with Gasteiger partial charge < -0.3 is 10.2 Å². The first-order valence-electron chi connectivity index (χ1n) is 14.0. The van der Waals surface area contributed by atoms with E-state index in [0.29, 0.717) is 22.5 Å². The standard InChI is InChI=1S/C16H15FIN3O2.C16H16FN3O2/c1-10-4-11(13(18)6-14(10)19-3)5-15(22)16(2,23)9-21-8-12(17)7-20-21;1-11-6-12(4-5-14(11)18-3)7-15(21)16(2,22)10-20-9-13(17)8-19-20/h4,6-8,23H,5,9H2,1-2H3;4-6,8-9,22H,7,10H2,1-2H3/t2*16-/m00/s1/i;4T. The number of benzene rings is 2. The number of ketones is 2. The van der Waals surface area contributed by atoms with Gasteiger partial charge in [-0.25, -0.2) is 18.5 Å². The average Bonchev–Trinajstić information content (AvgIpc) is 3.58. The molecule has 0 saturated heterocycles. The number of aryl methyl sites for hydroxylation is 2. The molecule has 0 saturated carbocycles. The Hall–Kier alpha value is -4.31. The minimum absolute atomic E-state index is 0.0359. The van der Waals surface area contributed by atoms with Crippen molar-refractivity contribution in [2.45, 2.75) is 64.8 Å². The van der Waals surface area contributed by atoms with Crippen LogP contribution in [0.5, 0.6) is 0 Å². The van der Waals surface area contributed by atoms with Gasteiger partial charge in [-0.2, -0.15) is 10.2 Å². The van der Waals surface area contributed by atoms with Crippen LogP contribution in [0.25, 0.3) is 9.69 Å². The van der Waals surface area contributed by atoms with Gasteiger partial charge in [0, 0.05) is 16.4 Å². The minimum Gasteiger partial charge on any atom is -0.380 e. The second-order valence-corrected chi connectivity index (χ2v) is 12.1. The molecule has 234 valence electrons. The molecular weight excluding hydrogens is 697 g/mol. The number of carbonyl (C=O) groups is 2. The van der Waals surface area contributed by atoms with Crippen molar-refractivity contribution in [3.05, 3.63) is 115 Å². The molecule has 2 heterocycles. The lowest BCUT2D eigenvalue weighted by Gasteiger charge is -2.22. The van der Waals surface area contributed by atoms with Crippen molar-refractivity contribution in [3.63, 3.8) is 0 Å². The van der Waals surface area contributed by atoms with Crippen LogP contribution < -0.4 is 0 Å². The van der Waals surface area contributed by atoms with Gasteiger partial charge in [0.2, 0.25) is 0 Å². The van der Waals surface area contributed by atoms with Gasteiger partial charge in [0.25, 0.3) is 0 Å². The van der Waals surface area contributed by atoms with Crippen LogP contribution in [0.3, 0.4) is 0 Å². The number of aliphatic hydroxyl groups is 2. The predicted molar refractivity (Wildman–Crippen MR) is 171 cm³/mol. The topological polar surface area (TPSA) is 119 Å². The van der Waals surface area contributed by atoms with Crippen molar-refractivity contribution < 1.29 is 30.0 Å². The van der Waals surface area contributed by atoms with E-state index in [0.717, 1.165) is 44.2 Å². The Bertz CT molecular complexity index is 1720. The molecule has 0 aliphatic carbocycles. The molecule has 0 unspecified atom stereocenters. The van der Waals surface area contributed by atoms with Gasteiger partial charge in [0.15, 0.2) is 34.6 Å². The Morgan fingerprint density at radius 3 is 1.87 bits per heavy atom. The number of halogens is 3. The summed E-state index contributed by atoms with van der Waals surface area (Å²) >= 11 is 2.07. The van der Waals surface area contributed by atoms with E-state index in [1.165, 1.54) is 24.6 Å². The fourth-order valence-electron chi connectivity index (χ4n) is 4.24. The predicted octanol–water partition coefficient (Wildman–Crippen LogP) is 5.49. The Morgan fingerprint density at radius 1 is 0.911 bits per heavy atom. The smallest absolute Gasteiger partial charge is 0.191 e. The fourth-order valence-corrected chi connectivity index (χ4v) is 4.89. The minimum atomic E-state index is -1.74. The van der Waals surface area contributed by atoms with Crippen molar-refractivity contribution in [2.75, 3.05) is 0 Å². The first kappa shape index (κ1) is 33.6. The van der Waals surface area contributed by atoms with Gasteiger partial charge in [0.05, 0.1) is 52.4 Å². The van der Waals surface area contributed by atoms with Crippen LogP contribution in [0, 0.1) is 42.2 Å². The molecule has 13 heteroatoms. The normalized spacial score (nSPS) is 13.7. The van der Waals surface area contributed by atoms with Gasteiger partial charge in [-0.15, -0.1) is 0 Å². The number of carbonyl (C=O) groups excluding carboxylic acids is 2. The van der Waals surface area contributed by atoms with E-state index in [1.807, 2.05) is 6.92 Å². The summed E-state index contributed by atoms with van der Waals surface area (Å²) in [5, 5.41) is 28.2. The summed E-state index contributed by atoms with van der Waals surface area (Å²) in [6, 6.07) is 6.61. The van der Waals surface area contributed by atoms with Gasteiger partial charge in [-0.05, 0) is 78.6 Å². The van der Waals surface area contributed by atoms with Crippen LogP contribution in [0.1, 0.15) is 37.5 Å². The lowest BCUT2D eigenvalue weighted by Crippen LogP contribution is -2.41. The maximum Gasteiger partial charge on any atom is 0.191 e. The van der Waals surface area contributed by atoms with Gasteiger partial charge in [-0.1, -0.05) is 24.2 Å². The monoisotopic (exact) mass is 730 g/mol. The molecule has 10 nitrogen and oxygen atoms in total. The summed E-state index contributed by atoms with van der Waals surface area (Å²) in [4.78, 5) is 31.5. The number of hydrogen-bond donors (Lipinski definition) is 2. The number of hydrogen-bond acceptors (Lipinski definition) is 6. The number of aromatic nitrogens is 4. The van der Waals surface area contributed by atoms with E-state index < -0.39 is 28.6 Å². The van der Waals surface area contributed by atoms with E-state index in [2.05, 4.69) is 42.5 Å². The molecule has 2 aromatic carbocycles. The number of rotatable bonds is 10. The molecule has 0 bridgehead atoms.